The Balaban J connectivity index is 2.62. The standard InChI is InChI=1S/C13H15BrN2O2/c1-3-18-13(17)12-10(14)9-6-4-5-8(7(2)15)11(9)16-12/h4-7,16H,3,15H2,1-2H3. The minimum atomic E-state index is -0.365. The number of carbonyl (C=O) groups is 1. The molecule has 0 fully saturated rings. The van der Waals surface area contributed by atoms with Crippen molar-refractivity contribution in [2.45, 2.75) is 19.9 Å². The van der Waals surface area contributed by atoms with Crippen LogP contribution in [0.4, 0.5) is 0 Å². The van der Waals surface area contributed by atoms with Crippen LogP contribution in [0.2, 0.25) is 0 Å². The zero-order chi connectivity index (χ0) is 13.3. The lowest BCUT2D eigenvalue weighted by atomic mass is 10.1. The molecule has 0 saturated heterocycles. The maximum absolute atomic E-state index is 11.8. The van der Waals surface area contributed by atoms with Gasteiger partial charge in [0.2, 0.25) is 0 Å². The van der Waals surface area contributed by atoms with Gasteiger partial charge in [-0.25, -0.2) is 4.79 Å². The van der Waals surface area contributed by atoms with Gasteiger partial charge in [0.05, 0.1) is 16.6 Å². The Labute approximate surface area is 114 Å². The summed E-state index contributed by atoms with van der Waals surface area (Å²) in [6, 6.07) is 5.71. The zero-order valence-corrected chi connectivity index (χ0v) is 11.9. The summed E-state index contributed by atoms with van der Waals surface area (Å²) in [5.74, 6) is -0.365. The summed E-state index contributed by atoms with van der Waals surface area (Å²) in [6.45, 7) is 4.04. The van der Waals surface area contributed by atoms with Gasteiger partial charge in [0, 0.05) is 11.4 Å². The van der Waals surface area contributed by atoms with Gasteiger partial charge in [-0.1, -0.05) is 18.2 Å². The minimum absolute atomic E-state index is 0.103. The van der Waals surface area contributed by atoms with Gasteiger partial charge in [-0.3, -0.25) is 0 Å². The summed E-state index contributed by atoms with van der Waals surface area (Å²) in [6.07, 6.45) is 0. The molecule has 0 spiro atoms. The van der Waals surface area contributed by atoms with E-state index in [4.69, 9.17) is 10.5 Å². The van der Waals surface area contributed by atoms with Gasteiger partial charge in [0.15, 0.2) is 0 Å². The summed E-state index contributed by atoms with van der Waals surface area (Å²) in [5.41, 5.74) is 8.21. The highest BCUT2D eigenvalue weighted by molar-refractivity contribution is 9.10. The SMILES string of the molecule is CCOC(=O)c1[nH]c2c(C(C)N)cccc2c1Br. The third-order valence-corrected chi connectivity index (χ3v) is 3.60. The second kappa shape index (κ2) is 5.12. The van der Waals surface area contributed by atoms with Crippen molar-refractivity contribution < 1.29 is 9.53 Å². The fourth-order valence-corrected chi connectivity index (χ4v) is 2.52. The molecule has 18 heavy (non-hydrogen) atoms. The number of aromatic nitrogens is 1. The van der Waals surface area contributed by atoms with Crippen LogP contribution in [0.1, 0.15) is 35.9 Å². The zero-order valence-electron chi connectivity index (χ0n) is 10.3. The number of nitrogens with two attached hydrogens (primary N) is 1. The molecule has 4 nitrogen and oxygen atoms in total. The first-order valence-corrected chi connectivity index (χ1v) is 6.58. The molecule has 0 aliphatic heterocycles. The van der Waals surface area contributed by atoms with Gasteiger partial charge in [0.25, 0.3) is 0 Å². The number of aromatic amines is 1. The average Bonchev–Trinajstić information content (AvgIpc) is 2.67. The van der Waals surface area contributed by atoms with Crippen molar-refractivity contribution in [3.63, 3.8) is 0 Å². The van der Waals surface area contributed by atoms with E-state index in [1.54, 1.807) is 6.92 Å². The molecule has 0 bridgehead atoms. The molecule has 2 rings (SSSR count). The van der Waals surface area contributed by atoms with Crippen LogP contribution < -0.4 is 5.73 Å². The number of carbonyl (C=O) groups excluding carboxylic acids is 1. The summed E-state index contributed by atoms with van der Waals surface area (Å²) in [4.78, 5) is 14.9. The van der Waals surface area contributed by atoms with Crippen LogP contribution in [0, 0.1) is 0 Å². The van der Waals surface area contributed by atoms with E-state index in [0.29, 0.717) is 12.3 Å². The molecule has 0 amide bonds. The van der Waals surface area contributed by atoms with Gasteiger partial charge in [0.1, 0.15) is 5.69 Å². The van der Waals surface area contributed by atoms with Crippen LogP contribution in [0.15, 0.2) is 22.7 Å². The molecule has 1 atom stereocenters. The highest BCUT2D eigenvalue weighted by atomic mass is 79.9. The molecule has 1 unspecified atom stereocenters. The van der Waals surface area contributed by atoms with E-state index in [-0.39, 0.29) is 12.0 Å². The first-order chi connectivity index (χ1) is 8.56. The molecule has 0 aliphatic carbocycles. The average molecular weight is 311 g/mol. The second-order valence-corrected chi connectivity index (χ2v) is 4.89. The number of hydrogen-bond acceptors (Lipinski definition) is 3. The van der Waals surface area contributed by atoms with Crippen molar-refractivity contribution in [1.29, 1.82) is 0 Å². The van der Waals surface area contributed by atoms with Gasteiger partial charge in [-0.05, 0) is 35.3 Å². The number of halogens is 1. The van der Waals surface area contributed by atoms with Crippen LogP contribution in [0.3, 0.4) is 0 Å². The Bertz CT molecular complexity index is 590. The maximum atomic E-state index is 11.8. The number of hydrogen-bond donors (Lipinski definition) is 2. The van der Waals surface area contributed by atoms with Crippen molar-refractivity contribution in [1.82, 2.24) is 4.98 Å². The van der Waals surface area contributed by atoms with Crippen molar-refractivity contribution in [3.05, 3.63) is 33.9 Å². The van der Waals surface area contributed by atoms with Gasteiger partial charge >= 0.3 is 5.97 Å². The molecule has 0 radical (unpaired) electrons. The number of esters is 1. The molecule has 2 aromatic rings. The van der Waals surface area contributed by atoms with Crippen molar-refractivity contribution >= 4 is 32.8 Å². The van der Waals surface area contributed by atoms with E-state index in [9.17, 15) is 4.79 Å². The van der Waals surface area contributed by atoms with Crippen molar-refractivity contribution in [2.75, 3.05) is 6.61 Å². The van der Waals surface area contributed by atoms with Crippen LogP contribution in [-0.4, -0.2) is 17.6 Å². The quantitative estimate of drug-likeness (QED) is 0.856. The summed E-state index contributed by atoms with van der Waals surface area (Å²) >= 11 is 3.43. The summed E-state index contributed by atoms with van der Waals surface area (Å²) in [7, 11) is 0. The van der Waals surface area contributed by atoms with E-state index in [0.717, 1.165) is 20.9 Å². The highest BCUT2D eigenvalue weighted by Gasteiger charge is 2.19. The fourth-order valence-electron chi connectivity index (χ4n) is 1.93. The first-order valence-electron chi connectivity index (χ1n) is 5.79. The monoisotopic (exact) mass is 310 g/mol. The van der Waals surface area contributed by atoms with E-state index < -0.39 is 0 Å². The molecule has 0 aliphatic rings. The van der Waals surface area contributed by atoms with Crippen LogP contribution >= 0.6 is 15.9 Å². The van der Waals surface area contributed by atoms with E-state index in [1.165, 1.54) is 0 Å². The molecule has 1 aromatic heterocycles. The van der Waals surface area contributed by atoms with Gasteiger partial charge in [-0.2, -0.15) is 0 Å². The maximum Gasteiger partial charge on any atom is 0.355 e. The van der Waals surface area contributed by atoms with Gasteiger partial charge < -0.3 is 15.5 Å². The lowest BCUT2D eigenvalue weighted by Crippen LogP contribution is -2.07. The lowest BCUT2D eigenvalue weighted by Gasteiger charge is -2.06. The Morgan fingerprint density at radius 1 is 1.56 bits per heavy atom. The topological polar surface area (TPSA) is 68.1 Å². The van der Waals surface area contributed by atoms with E-state index in [1.807, 2.05) is 25.1 Å². The van der Waals surface area contributed by atoms with E-state index >= 15 is 0 Å². The molecule has 5 heteroatoms. The van der Waals surface area contributed by atoms with Crippen LogP contribution in [0.5, 0.6) is 0 Å². The molecule has 1 aromatic carbocycles. The minimum Gasteiger partial charge on any atom is -0.461 e. The third-order valence-electron chi connectivity index (χ3n) is 2.77. The number of nitrogens with one attached hydrogen (secondary N) is 1. The van der Waals surface area contributed by atoms with E-state index in [2.05, 4.69) is 20.9 Å². The highest BCUT2D eigenvalue weighted by Crippen LogP contribution is 2.32. The first kappa shape index (κ1) is 13.1. The fraction of sp³-hybridized carbons (Fsp3) is 0.308. The smallest absolute Gasteiger partial charge is 0.355 e. The van der Waals surface area contributed by atoms with Crippen molar-refractivity contribution in [2.24, 2.45) is 5.73 Å². The number of para-hydroxylation sites is 1. The molecular formula is C13H15BrN2O2. The largest absolute Gasteiger partial charge is 0.461 e. The summed E-state index contributed by atoms with van der Waals surface area (Å²) in [5, 5.41) is 0.938. The normalized spacial score (nSPS) is 12.7. The lowest BCUT2D eigenvalue weighted by molar-refractivity contribution is 0.0519. The Kier molecular flexibility index (Phi) is 3.73. The molecule has 3 N–H and O–H groups in total. The molecule has 0 saturated carbocycles. The Morgan fingerprint density at radius 2 is 2.28 bits per heavy atom. The number of rotatable bonds is 3. The number of H-pyrrole nitrogens is 1. The molecular weight excluding hydrogens is 296 g/mol. The summed E-state index contributed by atoms with van der Waals surface area (Å²) < 4.78 is 5.73. The van der Waals surface area contributed by atoms with Crippen molar-refractivity contribution in [3.8, 4) is 0 Å². The number of benzene rings is 1. The molecule has 1 heterocycles. The Morgan fingerprint density at radius 3 is 2.89 bits per heavy atom. The molecule has 96 valence electrons. The number of fused-ring (bicyclic) bond motifs is 1. The van der Waals surface area contributed by atoms with Crippen LogP contribution in [0.25, 0.3) is 10.9 Å². The van der Waals surface area contributed by atoms with Gasteiger partial charge in [-0.15, -0.1) is 0 Å². The predicted molar refractivity (Wildman–Crippen MR) is 74.6 cm³/mol. The number of ether oxygens (including phenoxy) is 1. The van der Waals surface area contributed by atoms with Crippen LogP contribution in [-0.2, 0) is 4.74 Å². The second-order valence-electron chi connectivity index (χ2n) is 4.09. The Hall–Kier alpha value is -1.33. The third kappa shape index (κ3) is 2.15. The predicted octanol–water partition coefficient (Wildman–Crippen LogP) is 3.13.